The van der Waals surface area contributed by atoms with Crippen molar-refractivity contribution < 1.29 is 0 Å². The molecule has 0 aliphatic carbocycles. The second-order valence-corrected chi connectivity index (χ2v) is 3.30. The van der Waals surface area contributed by atoms with E-state index in [9.17, 15) is 0 Å². The third-order valence-corrected chi connectivity index (χ3v) is 2.02. The maximum Gasteiger partial charge on any atom is 0.231 e. The predicted octanol–water partition coefficient (Wildman–Crippen LogP) is 0.151. The summed E-state index contributed by atoms with van der Waals surface area (Å²) in [5.74, 6) is 0.420. The Morgan fingerprint density at radius 2 is 1.89 bits per heavy atom. The number of aromatic nitrogens is 2. The van der Waals surface area contributed by atoms with Crippen molar-refractivity contribution in [3.05, 3.63) is 17.5 Å². The van der Waals surface area contributed by atoms with Crippen LogP contribution in [0.4, 0.5) is 17.6 Å². The highest BCUT2D eigenvalue weighted by Crippen LogP contribution is 2.15. The lowest BCUT2D eigenvalue weighted by Gasteiger charge is -2.09. The molecule has 8 N–H and O–H groups in total. The molecule has 0 amide bonds. The lowest BCUT2D eigenvalue weighted by Crippen LogP contribution is -2.13. The van der Waals surface area contributed by atoms with Crippen molar-refractivity contribution in [2.75, 3.05) is 23.3 Å². The van der Waals surface area contributed by atoms with Gasteiger partial charge < -0.3 is 32.9 Å². The van der Waals surface area contributed by atoms with Gasteiger partial charge in [-0.15, -0.1) is 0 Å². The Hall–Kier alpha value is -2.64. The Bertz CT molecular complexity index is 456. The summed E-state index contributed by atoms with van der Waals surface area (Å²) in [4.78, 5) is 7.91. The Morgan fingerprint density at radius 3 is 2.33 bits per heavy atom. The van der Waals surface area contributed by atoms with Gasteiger partial charge in [-0.1, -0.05) is 0 Å². The summed E-state index contributed by atoms with van der Waals surface area (Å²) in [6.45, 7) is 2.67. The smallest absolute Gasteiger partial charge is 0.231 e. The van der Waals surface area contributed by atoms with E-state index in [2.05, 4.69) is 20.6 Å². The van der Waals surface area contributed by atoms with Gasteiger partial charge in [0.2, 0.25) is 5.95 Å². The molecule has 0 fully saturated rings. The van der Waals surface area contributed by atoms with E-state index in [0.717, 1.165) is 19.0 Å². The summed E-state index contributed by atoms with van der Waals surface area (Å²) in [6.07, 6.45) is 3.73. The topological polar surface area (TPSA) is 150 Å². The number of rotatable bonds is 6. The molecule has 18 heavy (non-hydrogen) atoms. The van der Waals surface area contributed by atoms with Crippen LogP contribution in [0.25, 0.3) is 0 Å². The minimum Gasteiger partial charge on any atom is -0.389 e. The Labute approximate surface area is 105 Å². The molecule has 1 rings (SSSR count). The molecule has 0 spiro atoms. The lowest BCUT2D eigenvalue weighted by atomic mass is 10.3. The molecular weight excluding hydrogens is 232 g/mol. The monoisotopic (exact) mass is 248 g/mol. The summed E-state index contributed by atoms with van der Waals surface area (Å²) < 4.78 is 0. The lowest BCUT2D eigenvalue weighted by molar-refractivity contribution is 0.913. The fourth-order valence-electron chi connectivity index (χ4n) is 1.16. The highest BCUT2D eigenvalue weighted by Gasteiger charge is 2.08. The minimum atomic E-state index is 0.118. The van der Waals surface area contributed by atoms with Crippen LogP contribution < -0.4 is 22.1 Å². The van der Waals surface area contributed by atoms with E-state index in [-0.39, 0.29) is 23.1 Å². The first-order chi connectivity index (χ1) is 8.62. The molecule has 1 aromatic heterocycles. The molecule has 0 saturated heterocycles. The molecule has 0 aliphatic heterocycles. The van der Waals surface area contributed by atoms with E-state index < -0.39 is 0 Å². The van der Waals surface area contributed by atoms with Gasteiger partial charge in [-0.25, -0.2) is 0 Å². The number of hydrogen-bond donors (Lipinski definition) is 6. The van der Waals surface area contributed by atoms with E-state index >= 15 is 0 Å². The average molecular weight is 248 g/mol. The molecule has 96 valence electrons. The molecule has 1 aromatic rings. The first-order valence-corrected chi connectivity index (χ1v) is 5.26. The van der Waals surface area contributed by atoms with Crippen LogP contribution >= 0.6 is 0 Å². The van der Waals surface area contributed by atoms with Crippen LogP contribution in [0.15, 0.2) is 11.9 Å². The second-order valence-electron chi connectivity index (χ2n) is 3.30. The summed E-state index contributed by atoms with van der Waals surface area (Å²) >= 11 is 0. The Kier molecular flexibility index (Phi) is 4.61. The van der Waals surface area contributed by atoms with Crippen LogP contribution in [0.3, 0.4) is 0 Å². The van der Waals surface area contributed by atoms with E-state index in [0.29, 0.717) is 5.70 Å². The van der Waals surface area contributed by atoms with Gasteiger partial charge in [-0.05, 0) is 6.92 Å². The molecule has 8 heteroatoms. The van der Waals surface area contributed by atoms with Crippen LogP contribution in [0.5, 0.6) is 0 Å². The molecule has 0 bridgehead atoms. The van der Waals surface area contributed by atoms with E-state index in [1.165, 1.54) is 0 Å². The standard InChI is InChI=1S/C10H16N8/c1-2-15-5-6(3-11)16-10-17-8(13)7(4-12)9(14)18-10/h3-5,11-12,15H,2H2,1H3,(H5,13,14,16,17,18)/b6-5+,11-3?,12-4?. The molecule has 1 heterocycles. The zero-order valence-corrected chi connectivity index (χ0v) is 9.99. The SMILES string of the molecule is CCN/C=C(\C=N)Nc1nc(N)c(C=N)c(N)n1. The summed E-state index contributed by atoms with van der Waals surface area (Å²) in [7, 11) is 0. The average Bonchev–Trinajstić information content (AvgIpc) is 2.34. The van der Waals surface area contributed by atoms with Crippen LogP contribution in [0, 0.1) is 10.8 Å². The van der Waals surface area contributed by atoms with E-state index in [4.69, 9.17) is 22.3 Å². The van der Waals surface area contributed by atoms with Crippen molar-refractivity contribution in [1.82, 2.24) is 15.3 Å². The number of anilines is 3. The number of nitrogens with one attached hydrogen (secondary N) is 4. The first kappa shape index (κ1) is 13.4. The van der Waals surface area contributed by atoms with Gasteiger partial charge >= 0.3 is 0 Å². The van der Waals surface area contributed by atoms with Gasteiger partial charge in [0.25, 0.3) is 0 Å². The third kappa shape index (κ3) is 3.17. The molecular formula is C10H16N8. The van der Waals surface area contributed by atoms with Crippen molar-refractivity contribution >= 4 is 30.0 Å². The van der Waals surface area contributed by atoms with E-state index in [1.807, 2.05) is 6.92 Å². The normalized spacial score (nSPS) is 10.8. The van der Waals surface area contributed by atoms with Gasteiger partial charge in [0.15, 0.2) is 0 Å². The number of hydrogen-bond acceptors (Lipinski definition) is 8. The second kappa shape index (κ2) is 6.18. The number of nitrogen functional groups attached to an aromatic ring is 2. The molecule has 0 saturated carbocycles. The van der Waals surface area contributed by atoms with Gasteiger partial charge in [0.1, 0.15) is 11.6 Å². The van der Waals surface area contributed by atoms with Crippen molar-refractivity contribution in [2.24, 2.45) is 0 Å². The van der Waals surface area contributed by atoms with Crippen molar-refractivity contribution in [3.63, 3.8) is 0 Å². The molecule has 0 aliphatic rings. The highest BCUT2D eigenvalue weighted by atomic mass is 15.1. The summed E-state index contributed by atoms with van der Waals surface area (Å²) in [5.41, 5.74) is 12.0. The summed E-state index contributed by atoms with van der Waals surface area (Å²) in [5, 5.41) is 20.1. The van der Waals surface area contributed by atoms with Crippen LogP contribution in [0.1, 0.15) is 12.5 Å². The van der Waals surface area contributed by atoms with Gasteiger partial charge in [-0.2, -0.15) is 9.97 Å². The summed E-state index contributed by atoms with van der Waals surface area (Å²) in [6, 6.07) is 0. The number of nitrogens with two attached hydrogens (primary N) is 2. The fourth-order valence-corrected chi connectivity index (χ4v) is 1.16. The zero-order valence-electron chi connectivity index (χ0n) is 9.99. The fraction of sp³-hybridized carbons (Fsp3) is 0.200. The number of allylic oxidation sites excluding steroid dienone is 1. The first-order valence-electron chi connectivity index (χ1n) is 5.26. The van der Waals surface area contributed by atoms with Gasteiger partial charge in [-0.3, -0.25) is 0 Å². The molecule has 0 atom stereocenters. The van der Waals surface area contributed by atoms with Gasteiger partial charge in [0.05, 0.1) is 11.3 Å². The van der Waals surface area contributed by atoms with Crippen molar-refractivity contribution in [2.45, 2.75) is 6.92 Å². The van der Waals surface area contributed by atoms with Crippen LogP contribution in [-0.2, 0) is 0 Å². The number of nitrogens with zero attached hydrogens (tertiary/aromatic N) is 2. The third-order valence-electron chi connectivity index (χ3n) is 2.02. The maximum atomic E-state index is 7.22. The largest absolute Gasteiger partial charge is 0.389 e. The molecule has 0 unspecified atom stereocenters. The quantitative estimate of drug-likeness (QED) is 0.394. The molecule has 0 radical (unpaired) electrons. The Morgan fingerprint density at radius 1 is 1.28 bits per heavy atom. The predicted molar refractivity (Wildman–Crippen MR) is 72.9 cm³/mol. The van der Waals surface area contributed by atoms with Crippen molar-refractivity contribution in [1.29, 1.82) is 10.8 Å². The van der Waals surface area contributed by atoms with Gasteiger partial charge in [0, 0.05) is 25.2 Å². The minimum absolute atomic E-state index is 0.118. The Balaban J connectivity index is 2.98. The van der Waals surface area contributed by atoms with E-state index in [1.54, 1.807) is 6.20 Å². The highest BCUT2D eigenvalue weighted by molar-refractivity contribution is 5.90. The zero-order chi connectivity index (χ0) is 13.5. The van der Waals surface area contributed by atoms with Crippen molar-refractivity contribution in [3.8, 4) is 0 Å². The molecule has 8 nitrogen and oxygen atoms in total. The van der Waals surface area contributed by atoms with Crippen LogP contribution in [0.2, 0.25) is 0 Å². The maximum absolute atomic E-state index is 7.22. The molecule has 0 aromatic carbocycles. The van der Waals surface area contributed by atoms with Crippen LogP contribution in [-0.4, -0.2) is 28.9 Å².